The number of aromatic nitrogens is 1. The summed E-state index contributed by atoms with van der Waals surface area (Å²) in [4.78, 5) is 4.68. The second kappa shape index (κ2) is 11.0. The average Bonchev–Trinajstić information content (AvgIpc) is 3.14. The molecule has 3 rings (SSSR count). The Bertz CT molecular complexity index is 873. The van der Waals surface area contributed by atoms with Gasteiger partial charge in [-0.05, 0) is 54.2 Å². The molecule has 150 valence electrons. The van der Waals surface area contributed by atoms with E-state index in [1.807, 2.05) is 41.7 Å². The molecule has 0 aliphatic carbocycles. The van der Waals surface area contributed by atoms with E-state index >= 15 is 0 Å². The van der Waals surface area contributed by atoms with Crippen LogP contribution in [0.1, 0.15) is 41.8 Å². The smallest absolute Gasteiger partial charge is 0.140 e. The maximum atomic E-state index is 6.08. The second-order valence-corrected chi connectivity index (χ2v) is 10.2. The first kappa shape index (κ1) is 21.3. The van der Waals surface area contributed by atoms with Crippen molar-refractivity contribution < 1.29 is 9.47 Å². The normalized spacial score (nSPS) is 11.3. The van der Waals surface area contributed by atoms with E-state index in [1.54, 1.807) is 18.4 Å². The number of ether oxygens (including phenoxy) is 2. The van der Waals surface area contributed by atoms with E-state index < -0.39 is 0 Å². The first-order valence-corrected chi connectivity index (χ1v) is 12.5. The topological polar surface area (TPSA) is 31.4 Å². The van der Waals surface area contributed by atoms with Crippen molar-refractivity contribution in [2.75, 3.05) is 18.6 Å². The Morgan fingerprint density at radius 3 is 2.50 bits per heavy atom. The Kier molecular flexibility index (Phi) is 8.37. The highest BCUT2D eigenvalue weighted by Gasteiger charge is 2.13. The molecular weight excluding hydrogens is 406 g/mol. The third-order valence-electron chi connectivity index (χ3n) is 4.08. The molecule has 3 nitrogen and oxygen atoms in total. The van der Waals surface area contributed by atoms with Gasteiger partial charge in [0, 0.05) is 6.07 Å². The van der Waals surface area contributed by atoms with Gasteiger partial charge in [0.05, 0.1) is 21.9 Å². The first-order chi connectivity index (χ1) is 13.7. The van der Waals surface area contributed by atoms with E-state index in [4.69, 9.17) is 9.47 Å². The van der Waals surface area contributed by atoms with E-state index in [0.717, 1.165) is 26.7 Å². The van der Waals surface area contributed by atoms with Crippen molar-refractivity contribution in [3.8, 4) is 11.5 Å². The summed E-state index contributed by atoms with van der Waals surface area (Å²) in [6.07, 6.45) is 2.40. The Hall–Kier alpha value is -1.37. The molecule has 1 aromatic heterocycles. The van der Waals surface area contributed by atoms with Gasteiger partial charge in [-0.3, -0.25) is 0 Å². The van der Waals surface area contributed by atoms with Crippen LogP contribution < -0.4 is 9.47 Å². The molecular formula is C22H27NO2S3. The van der Waals surface area contributed by atoms with Crippen molar-refractivity contribution in [1.29, 1.82) is 0 Å². The average molecular weight is 434 g/mol. The number of rotatable bonds is 11. The highest BCUT2D eigenvalue weighted by atomic mass is 32.2. The predicted molar refractivity (Wildman–Crippen MR) is 125 cm³/mol. The monoisotopic (exact) mass is 433 g/mol. The molecule has 0 aliphatic rings. The summed E-state index contributed by atoms with van der Waals surface area (Å²) in [6.45, 7) is 4.96. The molecule has 0 spiro atoms. The zero-order valence-corrected chi connectivity index (χ0v) is 19.1. The van der Waals surface area contributed by atoms with E-state index in [1.165, 1.54) is 29.9 Å². The lowest BCUT2D eigenvalue weighted by Crippen LogP contribution is -1.97. The molecule has 6 heteroatoms. The number of methoxy groups -OCH3 is 1. The highest BCUT2D eigenvalue weighted by Crippen LogP contribution is 2.41. The van der Waals surface area contributed by atoms with Gasteiger partial charge in [0.2, 0.25) is 0 Å². The number of thioether (sulfide) groups is 2. The quantitative estimate of drug-likeness (QED) is 0.299. The molecule has 0 fully saturated rings. The van der Waals surface area contributed by atoms with Crippen LogP contribution in [-0.4, -0.2) is 23.6 Å². The molecule has 0 saturated heterocycles. The first-order valence-electron chi connectivity index (χ1n) is 9.63. The van der Waals surface area contributed by atoms with E-state index in [2.05, 4.69) is 43.1 Å². The number of hydrogen-bond donors (Lipinski definition) is 0. The lowest BCUT2D eigenvalue weighted by Gasteiger charge is -2.17. The molecule has 0 aliphatic heterocycles. The minimum atomic E-state index is 0.471. The van der Waals surface area contributed by atoms with Crippen molar-refractivity contribution in [1.82, 2.24) is 4.98 Å². The van der Waals surface area contributed by atoms with Crippen molar-refractivity contribution in [2.45, 2.75) is 37.9 Å². The van der Waals surface area contributed by atoms with E-state index in [9.17, 15) is 0 Å². The summed E-state index contributed by atoms with van der Waals surface area (Å²) < 4.78 is 13.0. The molecule has 28 heavy (non-hydrogen) atoms. The summed E-state index contributed by atoms with van der Waals surface area (Å²) in [6, 6.07) is 14.5. The fourth-order valence-electron chi connectivity index (χ4n) is 2.73. The zero-order chi connectivity index (χ0) is 19.8. The van der Waals surface area contributed by atoms with E-state index in [0.29, 0.717) is 11.2 Å². The maximum Gasteiger partial charge on any atom is 0.140 e. The molecule has 0 saturated carbocycles. The Morgan fingerprint density at radius 2 is 1.79 bits per heavy atom. The van der Waals surface area contributed by atoms with E-state index in [-0.39, 0.29) is 0 Å². The number of nitrogens with zero attached hydrogens (tertiary/aromatic N) is 1. The largest absolute Gasteiger partial charge is 0.497 e. The van der Waals surface area contributed by atoms with Gasteiger partial charge in [0.15, 0.2) is 0 Å². The molecule has 3 aromatic rings. The van der Waals surface area contributed by atoms with Crippen LogP contribution in [0.15, 0.2) is 42.5 Å². The molecule has 1 heterocycles. The zero-order valence-electron chi connectivity index (χ0n) is 16.6. The van der Waals surface area contributed by atoms with Crippen LogP contribution in [0, 0.1) is 0 Å². The molecule has 0 bridgehead atoms. The van der Waals surface area contributed by atoms with Gasteiger partial charge >= 0.3 is 0 Å². The minimum Gasteiger partial charge on any atom is -0.497 e. The van der Waals surface area contributed by atoms with Gasteiger partial charge in [0.25, 0.3) is 0 Å². The molecule has 0 atom stereocenters. The van der Waals surface area contributed by atoms with Gasteiger partial charge in [0.1, 0.15) is 23.1 Å². The third-order valence-corrected chi connectivity index (χ3v) is 8.34. The summed E-state index contributed by atoms with van der Waals surface area (Å²) in [5.41, 5.74) is 2.30. The SMILES string of the molecule is CCCSC(SCCC)c1cccc(OCc2nc3cc(OC)ccc3s2)c1. The molecule has 0 radical (unpaired) electrons. The molecule has 0 unspecified atom stereocenters. The van der Waals surface area contributed by atoms with Crippen LogP contribution in [-0.2, 0) is 6.61 Å². The minimum absolute atomic E-state index is 0.471. The Morgan fingerprint density at radius 1 is 1.00 bits per heavy atom. The van der Waals surface area contributed by atoms with Crippen molar-refractivity contribution >= 4 is 45.1 Å². The fourth-order valence-corrected chi connectivity index (χ4v) is 6.13. The van der Waals surface area contributed by atoms with Crippen molar-refractivity contribution in [3.63, 3.8) is 0 Å². The standard InChI is InChI=1S/C22H27NO2S3/c1-4-11-26-22(27-12-5-2)16-7-6-8-18(13-16)25-15-21-23-19-14-17(24-3)9-10-20(19)28-21/h6-10,13-14,22H,4-5,11-12,15H2,1-3H3. The van der Waals surface area contributed by atoms with Crippen LogP contribution in [0.2, 0.25) is 0 Å². The van der Waals surface area contributed by atoms with Crippen LogP contribution in [0.25, 0.3) is 10.2 Å². The summed E-state index contributed by atoms with van der Waals surface area (Å²) in [5.74, 6) is 4.11. The molecule has 0 N–H and O–H groups in total. The summed E-state index contributed by atoms with van der Waals surface area (Å²) >= 11 is 5.73. The summed E-state index contributed by atoms with van der Waals surface area (Å²) in [5, 5.41) is 0.978. The van der Waals surface area contributed by atoms with Crippen LogP contribution in [0.3, 0.4) is 0 Å². The highest BCUT2D eigenvalue weighted by molar-refractivity contribution is 8.16. The fraction of sp³-hybridized carbons (Fsp3) is 0.409. The Labute approximate surface area is 180 Å². The van der Waals surface area contributed by atoms with Gasteiger partial charge in [-0.2, -0.15) is 0 Å². The second-order valence-electron chi connectivity index (χ2n) is 6.38. The van der Waals surface area contributed by atoms with Crippen LogP contribution in [0.5, 0.6) is 11.5 Å². The lowest BCUT2D eigenvalue weighted by atomic mass is 10.2. The number of fused-ring (bicyclic) bond motifs is 1. The van der Waals surface area contributed by atoms with Gasteiger partial charge < -0.3 is 9.47 Å². The van der Waals surface area contributed by atoms with Crippen molar-refractivity contribution in [2.24, 2.45) is 0 Å². The van der Waals surface area contributed by atoms with Crippen LogP contribution >= 0.6 is 34.9 Å². The van der Waals surface area contributed by atoms with Gasteiger partial charge in [-0.25, -0.2) is 4.98 Å². The van der Waals surface area contributed by atoms with Gasteiger partial charge in [-0.1, -0.05) is 26.0 Å². The summed E-state index contributed by atoms with van der Waals surface area (Å²) in [7, 11) is 1.68. The maximum absolute atomic E-state index is 6.08. The third kappa shape index (κ3) is 5.82. The number of benzene rings is 2. The molecule has 2 aromatic carbocycles. The molecule has 0 amide bonds. The Balaban J connectivity index is 1.68. The van der Waals surface area contributed by atoms with Crippen molar-refractivity contribution in [3.05, 3.63) is 53.0 Å². The van der Waals surface area contributed by atoms with Gasteiger partial charge in [-0.15, -0.1) is 34.9 Å². The number of hydrogen-bond acceptors (Lipinski definition) is 6. The number of thiazole rings is 1. The van der Waals surface area contributed by atoms with Crippen LogP contribution in [0.4, 0.5) is 0 Å². The predicted octanol–water partition coefficient (Wildman–Crippen LogP) is 7.17. The lowest BCUT2D eigenvalue weighted by molar-refractivity contribution is 0.305.